The third-order valence-electron chi connectivity index (χ3n) is 6.70. The van der Waals surface area contributed by atoms with Gasteiger partial charge >= 0.3 is 0 Å². The van der Waals surface area contributed by atoms with E-state index in [0.29, 0.717) is 24.2 Å². The minimum absolute atomic E-state index is 0.0194. The van der Waals surface area contributed by atoms with E-state index in [0.717, 1.165) is 60.0 Å². The predicted molar refractivity (Wildman–Crippen MR) is 137 cm³/mol. The largest absolute Gasteiger partial charge is 0.366 e. The number of imidazole rings is 1. The van der Waals surface area contributed by atoms with E-state index in [1.807, 2.05) is 67.9 Å². The van der Waals surface area contributed by atoms with Crippen LogP contribution in [0, 0.1) is 26.6 Å². The van der Waals surface area contributed by atoms with Gasteiger partial charge in [-0.1, -0.05) is 18.2 Å². The first-order valence-corrected chi connectivity index (χ1v) is 12.1. The van der Waals surface area contributed by atoms with Gasteiger partial charge < -0.3 is 9.80 Å². The number of benzene rings is 1. The highest BCUT2D eigenvalue weighted by atomic mass is 19.1. The molecule has 4 aromatic rings. The minimum atomic E-state index is -0.238. The molecule has 0 radical (unpaired) electrons. The molecule has 4 heterocycles. The van der Waals surface area contributed by atoms with E-state index in [4.69, 9.17) is 0 Å². The van der Waals surface area contributed by atoms with Gasteiger partial charge in [0.2, 0.25) is 0 Å². The van der Waals surface area contributed by atoms with Gasteiger partial charge in [0, 0.05) is 45.0 Å². The van der Waals surface area contributed by atoms with E-state index in [1.165, 1.54) is 0 Å². The number of piperazine rings is 1. The normalized spacial score (nSPS) is 14.1. The van der Waals surface area contributed by atoms with Crippen LogP contribution in [0.15, 0.2) is 54.9 Å². The summed E-state index contributed by atoms with van der Waals surface area (Å²) in [6, 6.07) is 13.4. The van der Waals surface area contributed by atoms with Crippen LogP contribution in [-0.4, -0.2) is 46.3 Å². The first-order valence-electron chi connectivity index (χ1n) is 12.1. The Labute approximate surface area is 205 Å². The molecule has 0 atom stereocenters. The number of ketones is 1. The molecular formula is C28H30FN5O. The van der Waals surface area contributed by atoms with Crippen molar-refractivity contribution in [1.29, 1.82) is 0 Å². The summed E-state index contributed by atoms with van der Waals surface area (Å²) in [6.45, 7) is 8.94. The minimum Gasteiger partial charge on any atom is -0.366 e. The van der Waals surface area contributed by atoms with Crippen LogP contribution in [0.25, 0.3) is 5.65 Å². The molecular weight excluding hydrogens is 441 g/mol. The highest BCUT2D eigenvalue weighted by Crippen LogP contribution is 2.24. The Morgan fingerprint density at radius 3 is 2.40 bits per heavy atom. The summed E-state index contributed by atoms with van der Waals surface area (Å²) < 4.78 is 16.9. The predicted octanol–water partition coefficient (Wildman–Crippen LogP) is 4.94. The summed E-state index contributed by atoms with van der Waals surface area (Å²) in [5.74, 6) is 0.747. The van der Waals surface area contributed by atoms with Crippen LogP contribution < -0.4 is 9.80 Å². The molecule has 7 heteroatoms. The van der Waals surface area contributed by atoms with E-state index in [1.54, 1.807) is 6.07 Å². The van der Waals surface area contributed by atoms with Gasteiger partial charge in [-0.05, 0) is 68.1 Å². The van der Waals surface area contributed by atoms with Crippen molar-refractivity contribution in [2.24, 2.45) is 0 Å². The van der Waals surface area contributed by atoms with Crippen molar-refractivity contribution in [3.05, 3.63) is 88.8 Å². The van der Waals surface area contributed by atoms with Gasteiger partial charge in [-0.25, -0.2) is 14.4 Å². The van der Waals surface area contributed by atoms with Crippen LogP contribution in [0.5, 0.6) is 0 Å². The topological polar surface area (TPSA) is 53.7 Å². The highest BCUT2D eigenvalue weighted by molar-refractivity contribution is 5.96. The zero-order valence-corrected chi connectivity index (χ0v) is 20.5. The fraction of sp³-hybridized carbons (Fsp3) is 0.321. The Balaban J connectivity index is 1.22. The van der Waals surface area contributed by atoms with Crippen molar-refractivity contribution in [1.82, 2.24) is 14.4 Å². The molecule has 1 saturated heterocycles. The number of hydrogen-bond donors (Lipinski definition) is 0. The molecule has 0 unspecified atom stereocenters. The van der Waals surface area contributed by atoms with Crippen molar-refractivity contribution in [2.45, 2.75) is 33.6 Å². The molecule has 0 saturated carbocycles. The van der Waals surface area contributed by atoms with Crippen LogP contribution in [0.4, 0.5) is 15.9 Å². The van der Waals surface area contributed by atoms with Crippen molar-refractivity contribution in [3.8, 4) is 0 Å². The molecule has 180 valence electrons. The maximum atomic E-state index is 15.0. The SMILES string of the molecule is Cc1ccc(N2CCN(c3ccc(CCC(=O)c4c(C)nc5ccc(C)cn45)cc3F)CC2)nc1. The zero-order chi connectivity index (χ0) is 24.5. The molecule has 1 aromatic carbocycles. The highest BCUT2D eigenvalue weighted by Gasteiger charge is 2.21. The van der Waals surface area contributed by atoms with E-state index in [9.17, 15) is 4.79 Å². The lowest BCUT2D eigenvalue weighted by Crippen LogP contribution is -2.47. The first-order chi connectivity index (χ1) is 16.9. The second-order valence-corrected chi connectivity index (χ2v) is 9.36. The van der Waals surface area contributed by atoms with Crippen molar-refractivity contribution in [2.75, 3.05) is 36.0 Å². The smallest absolute Gasteiger partial charge is 0.181 e. The van der Waals surface area contributed by atoms with Crippen molar-refractivity contribution in [3.63, 3.8) is 0 Å². The Bertz CT molecular complexity index is 1370. The Morgan fingerprint density at radius 2 is 1.69 bits per heavy atom. The third-order valence-corrected chi connectivity index (χ3v) is 6.70. The van der Waals surface area contributed by atoms with Gasteiger partial charge in [0.05, 0.1) is 11.4 Å². The third kappa shape index (κ3) is 4.76. The molecule has 1 aliphatic heterocycles. The number of nitrogens with zero attached hydrogens (tertiary/aromatic N) is 5. The molecule has 35 heavy (non-hydrogen) atoms. The average Bonchev–Trinajstić information content (AvgIpc) is 3.18. The maximum Gasteiger partial charge on any atom is 0.181 e. The number of halogens is 1. The fourth-order valence-corrected chi connectivity index (χ4v) is 4.77. The monoisotopic (exact) mass is 471 g/mol. The van der Waals surface area contributed by atoms with E-state index >= 15 is 4.39 Å². The molecule has 1 aliphatic rings. The lowest BCUT2D eigenvalue weighted by Gasteiger charge is -2.37. The van der Waals surface area contributed by atoms with Crippen LogP contribution in [0.3, 0.4) is 0 Å². The number of aryl methyl sites for hydroxylation is 4. The number of rotatable bonds is 6. The Hall–Kier alpha value is -3.74. The molecule has 0 bridgehead atoms. The molecule has 1 fully saturated rings. The van der Waals surface area contributed by atoms with Crippen molar-refractivity contribution < 1.29 is 9.18 Å². The molecule has 0 aliphatic carbocycles. The number of anilines is 2. The maximum absolute atomic E-state index is 15.0. The number of fused-ring (bicyclic) bond motifs is 1. The van der Waals surface area contributed by atoms with Crippen LogP contribution in [0.2, 0.25) is 0 Å². The first kappa shape index (κ1) is 23.0. The van der Waals surface area contributed by atoms with Gasteiger partial charge in [0.25, 0.3) is 0 Å². The second-order valence-electron chi connectivity index (χ2n) is 9.36. The van der Waals surface area contributed by atoms with E-state index in [2.05, 4.69) is 25.8 Å². The lowest BCUT2D eigenvalue weighted by atomic mass is 10.0. The molecule has 5 rings (SSSR count). The van der Waals surface area contributed by atoms with E-state index < -0.39 is 0 Å². The number of pyridine rings is 2. The number of aromatic nitrogens is 3. The molecule has 0 N–H and O–H groups in total. The van der Waals surface area contributed by atoms with Crippen LogP contribution in [0.1, 0.15) is 39.3 Å². The average molecular weight is 472 g/mol. The quantitative estimate of drug-likeness (QED) is 0.373. The van der Waals surface area contributed by atoms with Gasteiger partial charge in [0.15, 0.2) is 5.78 Å². The molecule has 0 spiro atoms. The summed E-state index contributed by atoms with van der Waals surface area (Å²) >= 11 is 0. The van der Waals surface area contributed by atoms with Crippen LogP contribution >= 0.6 is 0 Å². The number of Topliss-reactive ketones (excluding diaryl/α,β-unsaturated/α-hetero) is 1. The Morgan fingerprint density at radius 1 is 0.943 bits per heavy atom. The Kier molecular flexibility index (Phi) is 6.24. The van der Waals surface area contributed by atoms with E-state index in [-0.39, 0.29) is 11.6 Å². The number of hydrogen-bond acceptors (Lipinski definition) is 5. The van der Waals surface area contributed by atoms with Gasteiger partial charge in [0.1, 0.15) is 23.0 Å². The molecule has 3 aromatic heterocycles. The van der Waals surface area contributed by atoms with Gasteiger partial charge in [-0.2, -0.15) is 0 Å². The second kappa shape index (κ2) is 9.49. The summed E-state index contributed by atoms with van der Waals surface area (Å²) in [7, 11) is 0. The fourth-order valence-electron chi connectivity index (χ4n) is 4.77. The molecule has 6 nitrogen and oxygen atoms in total. The lowest BCUT2D eigenvalue weighted by molar-refractivity contribution is 0.0976. The number of carbonyl (C=O) groups excluding carboxylic acids is 1. The van der Waals surface area contributed by atoms with Gasteiger partial charge in [-0.15, -0.1) is 0 Å². The summed E-state index contributed by atoms with van der Waals surface area (Å²) in [5, 5.41) is 0. The summed E-state index contributed by atoms with van der Waals surface area (Å²) in [4.78, 5) is 26.3. The standard InChI is InChI=1S/C28H30FN5O/c1-19-4-10-26(30-17-19)33-14-12-32(13-15-33)24-8-6-22(16-23(24)29)7-9-25(35)28-21(3)31-27-11-5-20(2)18-34(27)28/h4-6,8,10-11,16-18H,7,9,12-15H2,1-3H3. The number of carbonyl (C=O) groups is 1. The van der Waals surface area contributed by atoms with Gasteiger partial charge in [-0.3, -0.25) is 9.20 Å². The summed E-state index contributed by atoms with van der Waals surface area (Å²) in [6.07, 6.45) is 4.61. The molecule has 0 amide bonds. The van der Waals surface area contributed by atoms with Crippen LogP contribution in [-0.2, 0) is 6.42 Å². The van der Waals surface area contributed by atoms with Crippen molar-refractivity contribution >= 4 is 22.9 Å². The summed E-state index contributed by atoms with van der Waals surface area (Å²) in [5.41, 5.74) is 5.75. The zero-order valence-electron chi connectivity index (χ0n) is 20.5.